The molecule has 0 rings (SSSR count). The highest BCUT2D eigenvalue weighted by molar-refractivity contribution is 5.62. The van der Waals surface area contributed by atoms with Gasteiger partial charge in [0.25, 0.3) is 0 Å². The van der Waals surface area contributed by atoms with E-state index >= 15 is 0 Å². The predicted octanol–water partition coefficient (Wildman–Crippen LogP) is -0.00660. The molecule has 0 aromatic heterocycles. The Hall–Kier alpha value is -0.770. The molecule has 1 amide bonds. The van der Waals surface area contributed by atoms with E-state index in [0.29, 0.717) is 13.1 Å². The molecule has 0 aromatic rings. The van der Waals surface area contributed by atoms with E-state index in [0.717, 1.165) is 19.6 Å². The van der Waals surface area contributed by atoms with Crippen molar-refractivity contribution in [1.29, 1.82) is 0 Å². The fourth-order valence-corrected chi connectivity index (χ4v) is 1.18. The van der Waals surface area contributed by atoms with E-state index in [-0.39, 0.29) is 0 Å². The summed E-state index contributed by atoms with van der Waals surface area (Å²) in [6.45, 7) is 9.71. The minimum absolute atomic E-state index is 0.504. The van der Waals surface area contributed by atoms with Crippen molar-refractivity contribution in [3.8, 4) is 0 Å². The van der Waals surface area contributed by atoms with Crippen molar-refractivity contribution in [2.24, 2.45) is 0 Å². The molecule has 0 aliphatic rings. The first-order chi connectivity index (χ1) is 6.15. The highest BCUT2D eigenvalue weighted by atomic mass is 16.4. The summed E-state index contributed by atoms with van der Waals surface area (Å²) in [6.07, 6.45) is -1.07. The van der Waals surface area contributed by atoms with Crippen LogP contribution in [-0.4, -0.2) is 48.6 Å². The quantitative estimate of drug-likeness (QED) is 0.587. The predicted molar refractivity (Wildman–Crippen MR) is 50.4 cm³/mol. The average molecular weight is 187 g/mol. The summed E-state index contributed by atoms with van der Waals surface area (Å²) >= 11 is 0. The topological polar surface area (TPSA) is 46.6 Å². The van der Waals surface area contributed by atoms with Gasteiger partial charge in [0.05, 0.1) is 0 Å². The first kappa shape index (κ1) is 12.2. The van der Waals surface area contributed by atoms with Crippen LogP contribution in [0, 0.1) is 0 Å². The van der Waals surface area contributed by atoms with Crippen LogP contribution in [0.5, 0.6) is 0 Å². The standard InChI is InChI=1S/C9H20N2O2/c1-4-10(5-2)7-8-11(6-3)9(12)13/h4-8H2,1-3H3,(H,12,13)/p-1. The lowest BCUT2D eigenvalue weighted by molar-refractivity contribution is -0.265. The van der Waals surface area contributed by atoms with Gasteiger partial charge in [0.2, 0.25) is 0 Å². The van der Waals surface area contributed by atoms with Crippen molar-refractivity contribution < 1.29 is 9.90 Å². The van der Waals surface area contributed by atoms with Crippen LogP contribution in [0.1, 0.15) is 20.8 Å². The zero-order valence-corrected chi connectivity index (χ0v) is 8.75. The molecule has 13 heavy (non-hydrogen) atoms. The van der Waals surface area contributed by atoms with Gasteiger partial charge < -0.3 is 19.7 Å². The maximum absolute atomic E-state index is 10.5. The van der Waals surface area contributed by atoms with Crippen molar-refractivity contribution in [1.82, 2.24) is 9.80 Å². The van der Waals surface area contributed by atoms with Gasteiger partial charge in [-0.15, -0.1) is 0 Å². The summed E-state index contributed by atoms with van der Waals surface area (Å²) in [5.74, 6) is 0. The van der Waals surface area contributed by atoms with Crippen LogP contribution < -0.4 is 5.11 Å². The Labute approximate surface area is 80.1 Å². The number of hydrogen-bond acceptors (Lipinski definition) is 3. The van der Waals surface area contributed by atoms with E-state index in [2.05, 4.69) is 18.7 Å². The van der Waals surface area contributed by atoms with Crippen molar-refractivity contribution in [3.63, 3.8) is 0 Å². The maximum Gasteiger partial charge on any atom is 0.136 e. The van der Waals surface area contributed by atoms with Crippen LogP contribution in [0.4, 0.5) is 4.79 Å². The Bertz CT molecular complexity index is 147. The van der Waals surface area contributed by atoms with Gasteiger partial charge in [-0.3, -0.25) is 0 Å². The van der Waals surface area contributed by atoms with E-state index in [1.165, 1.54) is 4.90 Å². The molecule has 0 saturated heterocycles. The minimum atomic E-state index is -1.07. The van der Waals surface area contributed by atoms with E-state index in [9.17, 15) is 9.90 Å². The highest BCUT2D eigenvalue weighted by Gasteiger charge is 2.03. The Morgan fingerprint density at radius 2 is 1.62 bits per heavy atom. The molecule has 0 aliphatic carbocycles. The molecule has 0 spiro atoms. The number of rotatable bonds is 6. The monoisotopic (exact) mass is 187 g/mol. The van der Waals surface area contributed by atoms with Crippen LogP contribution in [0.25, 0.3) is 0 Å². The van der Waals surface area contributed by atoms with Crippen LogP contribution in [0.3, 0.4) is 0 Å². The third-order valence-corrected chi connectivity index (χ3v) is 2.22. The van der Waals surface area contributed by atoms with Gasteiger partial charge in [0.15, 0.2) is 0 Å². The molecule has 4 nitrogen and oxygen atoms in total. The molecule has 0 saturated carbocycles. The Morgan fingerprint density at radius 3 is 1.92 bits per heavy atom. The van der Waals surface area contributed by atoms with Gasteiger partial charge in [-0.1, -0.05) is 13.8 Å². The number of carboxylic acid groups (broad SMARTS) is 1. The molecule has 0 aromatic carbocycles. The molecule has 0 radical (unpaired) electrons. The Kier molecular flexibility index (Phi) is 6.32. The van der Waals surface area contributed by atoms with Crippen molar-refractivity contribution in [2.45, 2.75) is 20.8 Å². The maximum atomic E-state index is 10.5. The first-order valence-corrected chi connectivity index (χ1v) is 4.83. The van der Waals surface area contributed by atoms with Gasteiger partial charge in [0.1, 0.15) is 6.09 Å². The second kappa shape index (κ2) is 6.71. The lowest BCUT2D eigenvalue weighted by atomic mass is 10.4. The normalized spacial score (nSPS) is 10.5. The van der Waals surface area contributed by atoms with Gasteiger partial charge in [-0.25, -0.2) is 0 Å². The van der Waals surface area contributed by atoms with E-state index in [1.54, 1.807) is 0 Å². The van der Waals surface area contributed by atoms with E-state index in [1.807, 2.05) is 6.92 Å². The van der Waals surface area contributed by atoms with Gasteiger partial charge >= 0.3 is 0 Å². The molecular weight excluding hydrogens is 168 g/mol. The molecule has 4 heteroatoms. The summed E-state index contributed by atoms with van der Waals surface area (Å²) < 4.78 is 0. The van der Waals surface area contributed by atoms with Crippen molar-refractivity contribution >= 4 is 6.09 Å². The average Bonchev–Trinajstić information content (AvgIpc) is 2.12. The summed E-state index contributed by atoms with van der Waals surface area (Å²) in [5, 5.41) is 10.5. The zero-order chi connectivity index (χ0) is 10.3. The third kappa shape index (κ3) is 4.72. The van der Waals surface area contributed by atoms with E-state index in [4.69, 9.17) is 0 Å². The number of nitrogens with zero attached hydrogens (tertiary/aromatic N) is 2. The summed E-state index contributed by atoms with van der Waals surface area (Å²) in [6, 6.07) is 0. The number of carbonyl (C=O) groups is 1. The number of carbonyl (C=O) groups excluding carboxylic acids is 1. The lowest BCUT2D eigenvalue weighted by Gasteiger charge is -2.26. The van der Waals surface area contributed by atoms with Crippen LogP contribution in [0.15, 0.2) is 0 Å². The van der Waals surface area contributed by atoms with Crippen LogP contribution >= 0.6 is 0 Å². The fourth-order valence-electron chi connectivity index (χ4n) is 1.18. The van der Waals surface area contributed by atoms with E-state index < -0.39 is 6.09 Å². The molecule has 0 atom stereocenters. The third-order valence-electron chi connectivity index (χ3n) is 2.22. The Morgan fingerprint density at radius 1 is 1.08 bits per heavy atom. The van der Waals surface area contributed by atoms with Gasteiger partial charge in [-0.2, -0.15) is 0 Å². The summed E-state index contributed by atoms with van der Waals surface area (Å²) in [5.41, 5.74) is 0. The molecule has 0 bridgehead atoms. The molecule has 0 aliphatic heterocycles. The number of amides is 1. The van der Waals surface area contributed by atoms with Gasteiger partial charge in [-0.05, 0) is 20.0 Å². The van der Waals surface area contributed by atoms with Crippen LogP contribution in [-0.2, 0) is 0 Å². The second-order valence-corrected chi connectivity index (χ2v) is 2.87. The minimum Gasteiger partial charge on any atom is -0.530 e. The SMILES string of the molecule is CCN(CC)CCN(CC)C(=O)[O-]. The first-order valence-electron chi connectivity index (χ1n) is 4.83. The summed E-state index contributed by atoms with van der Waals surface area (Å²) in [7, 11) is 0. The summed E-state index contributed by atoms with van der Waals surface area (Å²) in [4.78, 5) is 14.0. The number of hydrogen-bond donors (Lipinski definition) is 0. The number of likely N-dealkylation sites (N-methyl/N-ethyl adjacent to an activating group) is 2. The second-order valence-electron chi connectivity index (χ2n) is 2.87. The molecule has 0 heterocycles. The zero-order valence-electron chi connectivity index (χ0n) is 8.75. The van der Waals surface area contributed by atoms with Crippen molar-refractivity contribution in [2.75, 3.05) is 32.7 Å². The van der Waals surface area contributed by atoms with Crippen molar-refractivity contribution in [3.05, 3.63) is 0 Å². The lowest BCUT2D eigenvalue weighted by Crippen LogP contribution is -2.44. The largest absolute Gasteiger partial charge is 0.530 e. The smallest absolute Gasteiger partial charge is 0.136 e. The van der Waals surface area contributed by atoms with Crippen LogP contribution in [0.2, 0.25) is 0 Å². The fraction of sp³-hybridized carbons (Fsp3) is 0.889. The Balaban J connectivity index is 3.76. The molecule has 78 valence electrons. The molecule has 0 fully saturated rings. The molecule has 0 N–H and O–H groups in total. The van der Waals surface area contributed by atoms with Gasteiger partial charge in [0, 0.05) is 19.6 Å². The molecular formula is C9H19N2O2-. The molecule has 0 unspecified atom stereocenters. The highest BCUT2D eigenvalue weighted by Crippen LogP contribution is 1.91.